The number of likely N-dealkylation sites (N-methyl/N-ethyl adjacent to an activating group) is 1. The Kier molecular flexibility index (Phi) is 5.54. The van der Waals surface area contributed by atoms with Crippen LogP contribution in [0.5, 0.6) is 0 Å². The Morgan fingerprint density at radius 3 is 2.48 bits per heavy atom. The van der Waals surface area contributed by atoms with Gasteiger partial charge in [-0.1, -0.05) is 0 Å². The molecule has 0 aliphatic heterocycles. The summed E-state index contributed by atoms with van der Waals surface area (Å²) in [6, 6.07) is 3.25. The second kappa shape index (κ2) is 6.75. The maximum Gasteiger partial charge on any atom is 0.423 e. The fraction of sp³-hybridized carbons (Fsp3) is 0.538. The molecule has 1 rings (SSSR count). The minimum absolute atomic E-state index is 0.213. The SMILES string of the molecule is CC(C)N(C)CCNc1ccc([N+](=O)[O-])c(C(F)(F)F)c1. The minimum Gasteiger partial charge on any atom is -0.384 e. The molecule has 21 heavy (non-hydrogen) atoms. The van der Waals surface area contributed by atoms with Gasteiger partial charge >= 0.3 is 6.18 Å². The summed E-state index contributed by atoms with van der Waals surface area (Å²) in [5, 5.41) is 13.5. The van der Waals surface area contributed by atoms with Gasteiger partial charge in [-0.25, -0.2) is 0 Å². The van der Waals surface area contributed by atoms with E-state index in [4.69, 9.17) is 0 Å². The van der Waals surface area contributed by atoms with E-state index in [0.717, 1.165) is 12.1 Å². The molecular weight excluding hydrogens is 287 g/mol. The van der Waals surface area contributed by atoms with E-state index in [1.165, 1.54) is 6.07 Å². The average molecular weight is 305 g/mol. The molecule has 0 spiro atoms. The van der Waals surface area contributed by atoms with Crippen molar-refractivity contribution < 1.29 is 18.1 Å². The monoisotopic (exact) mass is 305 g/mol. The molecule has 1 N–H and O–H groups in total. The molecule has 0 heterocycles. The van der Waals surface area contributed by atoms with Gasteiger partial charge in [0, 0.05) is 30.9 Å². The summed E-state index contributed by atoms with van der Waals surface area (Å²) >= 11 is 0. The van der Waals surface area contributed by atoms with Crippen LogP contribution in [0.25, 0.3) is 0 Å². The molecule has 118 valence electrons. The van der Waals surface area contributed by atoms with Crippen molar-refractivity contribution in [1.82, 2.24) is 4.90 Å². The molecule has 0 amide bonds. The number of nitrogens with zero attached hydrogens (tertiary/aromatic N) is 2. The standard InChI is InChI=1S/C13H18F3N3O2/c1-9(2)18(3)7-6-17-10-4-5-12(19(20)21)11(8-10)13(14,15)16/h4-5,8-9,17H,6-7H2,1-3H3. The molecule has 0 aliphatic rings. The number of nitro groups is 1. The van der Waals surface area contributed by atoms with Crippen molar-refractivity contribution in [1.29, 1.82) is 0 Å². The molecular formula is C13H18F3N3O2. The first-order chi connectivity index (χ1) is 9.62. The normalized spacial score (nSPS) is 12.0. The first kappa shape index (κ1) is 17.2. The lowest BCUT2D eigenvalue weighted by atomic mass is 10.1. The molecule has 5 nitrogen and oxygen atoms in total. The van der Waals surface area contributed by atoms with Crippen LogP contribution >= 0.6 is 0 Å². The Balaban J connectivity index is 2.84. The third-order valence-electron chi connectivity index (χ3n) is 3.17. The van der Waals surface area contributed by atoms with Gasteiger partial charge in [0.25, 0.3) is 5.69 Å². The molecule has 0 aliphatic carbocycles. The van der Waals surface area contributed by atoms with Crippen LogP contribution in [0.15, 0.2) is 18.2 Å². The van der Waals surface area contributed by atoms with Gasteiger partial charge in [-0.15, -0.1) is 0 Å². The summed E-state index contributed by atoms with van der Waals surface area (Å²) in [6.07, 6.45) is -4.76. The Morgan fingerprint density at radius 2 is 2.00 bits per heavy atom. The van der Waals surface area contributed by atoms with Crippen LogP contribution in [0.1, 0.15) is 19.4 Å². The number of alkyl halides is 3. The molecule has 0 atom stereocenters. The smallest absolute Gasteiger partial charge is 0.384 e. The van der Waals surface area contributed by atoms with Crippen LogP contribution in [0.4, 0.5) is 24.5 Å². The van der Waals surface area contributed by atoms with E-state index >= 15 is 0 Å². The molecule has 8 heteroatoms. The minimum atomic E-state index is -4.76. The van der Waals surface area contributed by atoms with E-state index in [9.17, 15) is 23.3 Å². The number of hydrogen-bond acceptors (Lipinski definition) is 4. The molecule has 0 bridgehead atoms. The van der Waals surface area contributed by atoms with E-state index in [-0.39, 0.29) is 5.69 Å². The molecule has 1 aromatic rings. The zero-order valence-electron chi connectivity index (χ0n) is 12.1. The zero-order valence-corrected chi connectivity index (χ0v) is 12.1. The van der Waals surface area contributed by atoms with Crippen molar-refractivity contribution in [2.24, 2.45) is 0 Å². The molecule has 0 radical (unpaired) electrons. The first-order valence-electron chi connectivity index (χ1n) is 6.42. The number of nitrogens with one attached hydrogen (secondary N) is 1. The highest BCUT2D eigenvalue weighted by Gasteiger charge is 2.38. The van der Waals surface area contributed by atoms with E-state index in [1.54, 1.807) is 0 Å². The predicted molar refractivity (Wildman–Crippen MR) is 74.4 cm³/mol. The number of benzene rings is 1. The number of hydrogen-bond donors (Lipinski definition) is 1. The highest BCUT2D eigenvalue weighted by molar-refractivity contribution is 5.55. The maximum atomic E-state index is 12.8. The van der Waals surface area contributed by atoms with Gasteiger partial charge in [0.1, 0.15) is 5.56 Å². The largest absolute Gasteiger partial charge is 0.423 e. The first-order valence-corrected chi connectivity index (χ1v) is 6.42. The second-order valence-electron chi connectivity index (χ2n) is 4.99. The van der Waals surface area contributed by atoms with Crippen molar-refractivity contribution in [3.63, 3.8) is 0 Å². The quantitative estimate of drug-likeness (QED) is 0.646. The topological polar surface area (TPSA) is 58.4 Å². The van der Waals surface area contributed by atoms with Gasteiger partial charge in [0.2, 0.25) is 0 Å². The number of anilines is 1. The van der Waals surface area contributed by atoms with Gasteiger partial charge in [-0.3, -0.25) is 10.1 Å². The van der Waals surface area contributed by atoms with Crippen molar-refractivity contribution in [2.75, 3.05) is 25.5 Å². The molecule has 0 saturated heterocycles. The third-order valence-corrected chi connectivity index (χ3v) is 3.17. The van der Waals surface area contributed by atoms with Gasteiger partial charge in [0.05, 0.1) is 4.92 Å². The lowest BCUT2D eigenvalue weighted by molar-refractivity contribution is -0.388. The lowest BCUT2D eigenvalue weighted by Gasteiger charge is -2.21. The Labute approximate surface area is 120 Å². The van der Waals surface area contributed by atoms with Crippen molar-refractivity contribution >= 4 is 11.4 Å². The fourth-order valence-corrected chi connectivity index (χ4v) is 1.67. The van der Waals surface area contributed by atoms with Crippen LogP contribution in [-0.2, 0) is 6.18 Å². The van der Waals surface area contributed by atoms with Crippen LogP contribution in [0.2, 0.25) is 0 Å². The molecule has 1 aromatic carbocycles. The fourth-order valence-electron chi connectivity index (χ4n) is 1.67. The number of nitro benzene ring substituents is 1. The third kappa shape index (κ3) is 4.89. The summed E-state index contributed by atoms with van der Waals surface area (Å²) in [4.78, 5) is 11.6. The predicted octanol–water partition coefficient (Wildman–Crippen LogP) is 3.37. The van der Waals surface area contributed by atoms with Crippen molar-refractivity contribution in [3.8, 4) is 0 Å². The van der Waals surface area contributed by atoms with E-state index in [0.29, 0.717) is 19.1 Å². The van der Waals surface area contributed by atoms with Gasteiger partial charge in [-0.05, 0) is 33.0 Å². The lowest BCUT2D eigenvalue weighted by Crippen LogP contribution is -2.31. The van der Waals surface area contributed by atoms with Gasteiger partial charge in [0.15, 0.2) is 0 Å². The van der Waals surface area contributed by atoms with Crippen LogP contribution < -0.4 is 5.32 Å². The van der Waals surface area contributed by atoms with Crippen LogP contribution in [0.3, 0.4) is 0 Å². The van der Waals surface area contributed by atoms with E-state index in [1.807, 2.05) is 25.8 Å². The van der Waals surface area contributed by atoms with Crippen molar-refractivity contribution in [3.05, 3.63) is 33.9 Å². The Hall–Kier alpha value is -1.83. The van der Waals surface area contributed by atoms with Crippen LogP contribution in [-0.4, -0.2) is 36.0 Å². The molecule has 0 saturated carbocycles. The number of rotatable bonds is 6. The summed E-state index contributed by atoms with van der Waals surface area (Å²) < 4.78 is 38.4. The number of halogens is 3. The van der Waals surface area contributed by atoms with E-state index < -0.39 is 22.4 Å². The highest BCUT2D eigenvalue weighted by Crippen LogP contribution is 2.37. The molecule has 0 aromatic heterocycles. The maximum absolute atomic E-state index is 12.8. The highest BCUT2D eigenvalue weighted by atomic mass is 19.4. The van der Waals surface area contributed by atoms with Gasteiger partial charge < -0.3 is 10.2 Å². The summed E-state index contributed by atoms with van der Waals surface area (Å²) in [5.41, 5.74) is -1.97. The average Bonchev–Trinajstić information content (AvgIpc) is 2.37. The molecule has 0 fully saturated rings. The summed E-state index contributed by atoms with van der Waals surface area (Å²) in [5.74, 6) is 0. The zero-order chi connectivity index (χ0) is 16.2. The van der Waals surface area contributed by atoms with E-state index in [2.05, 4.69) is 5.32 Å². The Bertz CT molecular complexity index is 504. The summed E-state index contributed by atoms with van der Waals surface area (Å²) in [6.45, 7) is 5.11. The van der Waals surface area contributed by atoms with Crippen molar-refractivity contribution in [2.45, 2.75) is 26.1 Å². The van der Waals surface area contributed by atoms with Gasteiger partial charge in [-0.2, -0.15) is 13.2 Å². The second-order valence-corrected chi connectivity index (χ2v) is 4.99. The van der Waals surface area contributed by atoms with Crippen LogP contribution in [0, 0.1) is 10.1 Å². The molecule has 0 unspecified atom stereocenters. The summed E-state index contributed by atoms with van der Waals surface area (Å²) in [7, 11) is 1.91. The Morgan fingerprint density at radius 1 is 1.38 bits per heavy atom.